The van der Waals surface area contributed by atoms with E-state index in [4.69, 9.17) is 15.2 Å². The van der Waals surface area contributed by atoms with Gasteiger partial charge in [0.05, 0.1) is 24.0 Å². The van der Waals surface area contributed by atoms with Crippen LogP contribution >= 0.6 is 0 Å². The van der Waals surface area contributed by atoms with Gasteiger partial charge in [-0.15, -0.1) is 0 Å². The van der Waals surface area contributed by atoms with E-state index >= 15 is 0 Å². The molecule has 0 aliphatic carbocycles. The van der Waals surface area contributed by atoms with Gasteiger partial charge in [-0.05, 0) is 31.0 Å². The fraction of sp³-hybridized carbons (Fsp3) is 0.538. The lowest BCUT2D eigenvalue weighted by Gasteiger charge is -2.13. The number of hydrogen-bond donors (Lipinski definition) is 1. The number of nitrogen functional groups attached to an aromatic ring is 1. The number of ether oxygens (including phenoxy) is 2. The molecule has 0 bridgehead atoms. The van der Waals surface area contributed by atoms with Gasteiger partial charge in [0, 0.05) is 13.0 Å². The summed E-state index contributed by atoms with van der Waals surface area (Å²) in [7, 11) is 0. The summed E-state index contributed by atoms with van der Waals surface area (Å²) in [6.07, 6.45) is -1.42. The molecule has 1 heterocycles. The first kappa shape index (κ1) is 14.0. The third-order valence-electron chi connectivity index (χ3n) is 3.06. The molecule has 19 heavy (non-hydrogen) atoms. The second-order valence-corrected chi connectivity index (χ2v) is 4.52. The third kappa shape index (κ3) is 3.76. The summed E-state index contributed by atoms with van der Waals surface area (Å²) in [4.78, 5) is 0. The van der Waals surface area contributed by atoms with Crippen LogP contribution in [0.15, 0.2) is 18.2 Å². The highest BCUT2D eigenvalue weighted by molar-refractivity contribution is 5.54. The molecule has 1 saturated heterocycles. The van der Waals surface area contributed by atoms with Crippen LogP contribution in [0, 0.1) is 0 Å². The molecule has 1 unspecified atom stereocenters. The van der Waals surface area contributed by atoms with E-state index in [-0.39, 0.29) is 17.5 Å². The minimum atomic E-state index is -4.38. The molecule has 1 aliphatic rings. The molecule has 1 aromatic rings. The van der Waals surface area contributed by atoms with Gasteiger partial charge in [-0.1, -0.05) is 0 Å². The number of alkyl halides is 3. The van der Waals surface area contributed by atoms with Crippen LogP contribution in [-0.4, -0.2) is 19.3 Å². The molecule has 0 radical (unpaired) electrons. The van der Waals surface area contributed by atoms with E-state index in [2.05, 4.69) is 0 Å². The van der Waals surface area contributed by atoms with Crippen molar-refractivity contribution in [2.24, 2.45) is 0 Å². The van der Waals surface area contributed by atoms with Crippen LogP contribution in [0.5, 0.6) is 5.75 Å². The van der Waals surface area contributed by atoms with E-state index in [1.807, 2.05) is 0 Å². The summed E-state index contributed by atoms with van der Waals surface area (Å²) >= 11 is 0. The number of hydrogen-bond acceptors (Lipinski definition) is 3. The molecule has 2 N–H and O–H groups in total. The maximum absolute atomic E-state index is 12.4. The standard InChI is InChI=1S/C13H16F3NO2/c14-13(15,16)9-3-4-12(11(17)8-9)19-7-5-10-2-1-6-18-10/h3-4,8,10H,1-2,5-7,17H2. The SMILES string of the molecule is Nc1cc(C(F)(F)F)ccc1OCCC1CCCO1. The van der Waals surface area contributed by atoms with Gasteiger partial charge >= 0.3 is 6.18 Å². The van der Waals surface area contributed by atoms with Crippen molar-refractivity contribution in [1.82, 2.24) is 0 Å². The lowest BCUT2D eigenvalue weighted by atomic mass is 10.2. The lowest BCUT2D eigenvalue weighted by Crippen LogP contribution is -2.12. The minimum absolute atomic E-state index is 0.00200. The van der Waals surface area contributed by atoms with Crippen molar-refractivity contribution in [1.29, 1.82) is 0 Å². The molecule has 0 spiro atoms. The maximum atomic E-state index is 12.4. The summed E-state index contributed by atoms with van der Waals surface area (Å²) in [6, 6.07) is 3.12. The van der Waals surface area contributed by atoms with E-state index < -0.39 is 11.7 Å². The van der Waals surface area contributed by atoms with Crippen molar-refractivity contribution in [3.63, 3.8) is 0 Å². The van der Waals surface area contributed by atoms with E-state index in [9.17, 15) is 13.2 Å². The molecule has 6 heteroatoms. The fourth-order valence-electron chi connectivity index (χ4n) is 2.03. The Bertz CT molecular complexity index is 428. The molecule has 0 amide bonds. The Morgan fingerprint density at radius 1 is 1.37 bits per heavy atom. The largest absolute Gasteiger partial charge is 0.491 e. The van der Waals surface area contributed by atoms with Gasteiger partial charge in [-0.3, -0.25) is 0 Å². The summed E-state index contributed by atoms with van der Waals surface area (Å²) < 4.78 is 48.1. The van der Waals surface area contributed by atoms with Crippen LogP contribution in [0.4, 0.5) is 18.9 Å². The van der Waals surface area contributed by atoms with Gasteiger partial charge in [0.2, 0.25) is 0 Å². The van der Waals surface area contributed by atoms with E-state index in [1.54, 1.807) is 0 Å². The highest BCUT2D eigenvalue weighted by Crippen LogP contribution is 2.33. The number of rotatable bonds is 4. The zero-order valence-corrected chi connectivity index (χ0v) is 10.4. The molecule has 0 aromatic heterocycles. The molecule has 106 valence electrons. The number of benzene rings is 1. The van der Waals surface area contributed by atoms with E-state index in [1.165, 1.54) is 6.07 Å². The molecule has 0 saturated carbocycles. The summed E-state index contributed by atoms with van der Waals surface area (Å²) in [5, 5.41) is 0. The van der Waals surface area contributed by atoms with Crippen LogP contribution in [0.3, 0.4) is 0 Å². The molecule has 1 aliphatic heterocycles. The van der Waals surface area contributed by atoms with E-state index in [0.29, 0.717) is 6.61 Å². The maximum Gasteiger partial charge on any atom is 0.416 e. The van der Waals surface area contributed by atoms with Crippen LogP contribution in [0.2, 0.25) is 0 Å². The van der Waals surface area contributed by atoms with Gasteiger partial charge in [-0.2, -0.15) is 13.2 Å². The second kappa shape index (κ2) is 5.69. The Balaban J connectivity index is 1.90. The monoisotopic (exact) mass is 275 g/mol. The molecule has 1 fully saturated rings. The molecule has 1 atom stereocenters. The van der Waals surface area contributed by atoms with Gasteiger partial charge < -0.3 is 15.2 Å². The number of halogens is 3. The summed E-state index contributed by atoms with van der Waals surface area (Å²) in [5.41, 5.74) is 4.79. The molecule has 1 aromatic carbocycles. The van der Waals surface area contributed by atoms with Gasteiger partial charge in [0.25, 0.3) is 0 Å². The van der Waals surface area contributed by atoms with Gasteiger partial charge in [0.15, 0.2) is 0 Å². The average Bonchev–Trinajstić information content (AvgIpc) is 2.83. The quantitative estimate of drug-likeness (QED) is 0.858. The molecule has 3 nitrogen and oxygen atoms in total. The predicted octanol–water partition coefficient (Wildman–Crippen LogP) is 3.24. The van der Waals surface area contributed by atoms with E-state index in [0.717, 1.165) is 38.0 Å². The Kier molecular flexibility index (Phi) is 4.19. The Hall–Kier alpha value is -1.43. The van der Waals surface area contributed by atoms with Gasteiger partial charge in [0.1, 0.15) is 5.75 Å². The van der Waals surface area contributed by atoms with Crippen molar-refractivity contribution in [2.75, 3.05) is 18.9 Å². The molecular formula is C13H16F3NO2. The zero-order valence-electron chi connectivity index (χ0n) is 10.4. The Labute approximate surface area is 109 Å². The predicted molar refractivity (Wildman–Crippen MR) is 64.9 cm³/mol. The Morgan fingerprint density at radius 3 is 2.74 bits per heavy atom. The van der Waals surface area contributed by atoms with Crippen LogP contribution < -0.4 is 10.5 Å². The van der Waals surface area contributed by atoms with Crippen LogP contribution in [0.1, 0.15) is 24.8 Å². The smallest absolute Gasteiger partial charge is 0.416 e. The zero-order chi connectivity index (χ0) is 13.9. The number of anilines is 1. The van der Waals surface area contributed by atoms with Crippen molar-refractivity contribution >= 4 is 5.69 Å². The topological polar surface area (TPSA) is 44.5 Å². The fourth-order valence-corrected chi connectivity index (χ4v) is 2.03. The lowest BCUT2D eigenvalue weighted by molar-refractivity contribution is -0.137. The third-order valence-corrected chi connectivity index (χ3v) is 3.06. The summed E-state index contributed by atoms with van der Waals surface area (Å²) in [6.45, 7) is 1.16. The molecular weight excluding hydrogens is 259 g/mol. The normalized spacial score (nSPS) is 19.6. The van der Waals surface area contributed by atoms with Gasteiger partial charge in [-0.25, -0.2) is 0 Å². The summed E-state index contributed by atoms with van der Waals surface area (Å²) in [5.74, 6) is 0.283. The Morgan fingerprint density at radius 2 is 2.16 bits per heavy atom. The highest BCUT2D eigenvalue weighted by atomic mass is 19.4. The molecule has 2 rings (SSSR count). The minimum Gasteiger partial charge on any atom is -0.491 e. The van der Waals surface area contributed by atoms with Crippen LogP contribution in [-0.2, 0) is 10.9 Å². The average molecular weight is 275 g/mol. The first-order chi connectivity index (χ1) is 8.97. The first-order valence-electron chi connectivity index (χ1n) is 6.18. The number of nitrogens with two attached hydrogens (primary N) is 1. The van der Waals surface area contributed by atoms with Crippen molar-refractivity contribution in [2.45, 2.75) is 31.5 Å². The van der Waals surface area contributed by atoms with Crippen molar-refractivity contribution < 1.29 is 22.6 Å². The highest BCUT2D eigenvalue weighted by Gasteiger charge is 2.30. The van der Waals surface area contributed by atoms with Crippen molar-refractivity contribution in [3.8, 4) is 5.75 Å². The van der Waals surface area contributed by atoms with Crippen molar-refractivity contribution in [3.05, 3.63) is 23.8 Å². The second-order valence-electron chi connectivity index (χ2n) is 4.52. The van der Waals surface area contributed by atoms with Crippen LogP contribution in [0.25, 0.3) is 0 Å². The first-order valence-corrected chi connectivity index (χ1v) is 6.18.